The number of aliphatic carboxylic acids is 2. The highest BCUT2D eigenvalue weighted by atomic mass is 19.3. The number of carboxylic acids is 2. The third-order valence-corrected chi connectivity index (χ3v) is 9.79. The zero-order chi connectivity index (χ0) is 24.1. The maximum atomic E-state index is 15.6. The number of ketones is 1. The van der Waals surface area contributed by atoms with E-state index in [2.05, 4.69) is 6.92 Å². The van der Waals surface area contributed by atoms with E-state index in [1.54, 1.807) is 0 Å². The van der Waals surface area contributed by atoms with Crippen LogP contribution in [0, 0.1) is 46.3 Å². The summed E-state index contributed by atoms with van der Waals surface area (Å²) < 4.78 is 31.1. The smallest absolute Gasteiger partial charge is 0.317 e. The Hall–Kier alpha value is -1.53. The van der Waals surface area contributed by atoms with E-state index in [9.17, 15) is 24.6 Å². The van der Waals surface area contributed by atoms with E-state index < -0.39 is 35.1 Å². The molecule has 0 heterocycles. The van der Waals surface area contributed by atoms with Gasteiger partial charge in [-0.3, -0.25) is 14.4 Å². The lowest BCUT2D eigenvalue weighted by Crippen LogP contribution is -2.60. The van der Waals surface area contributed by atoms with Crippen LogP contribution in [0.2, 0.25) is 0 Å². The maximum Gasteiger partial charge on any atom is 0.317 e. The second-order valence-corrected chi connectivity index (χ2v) is 10.9. The third-order valence-electron chi connectivity index (χ3n) is 9.79. The topological polar surface area (TPSA) is 91.7 Å². The molecule has 4 saturated carbocycles. The lowest BCUT2D eigenvalue weighted by atomic mass is 9.43. The van der Waals surface area contributed by atoms with Crippen LogP contribution in [0.4, 0.5) is 8.78 Å². The Morgan fingerprint density at radius 2 is 1.59 bits per heavy atom. The van der Waals surface area contributed by atoms with Gasteiger partial charge in [-0.25, -0.2) is 8.78 Å². The van der Waals surface area contributed by atoms with Crippen LogP contribution in [0.25, 0.3) is 0 Å². The number of carbonyl (C=O) groups is 3. The molecular formula is C25H38F2O5. The van der Waals surface area contributed by atoms with Gasteiger partial charge in [0.2, 0.25) is 0 Å². The van der Waals surface area contributed by atoms with Crippen LogP contribution in [0.1, 0.15) is 85.5 Å². The Bertz CT molecular complexity index is 753. The molecule has 32 heavy (non-hydrogen) atoms. The van der Waals surface area contributed by atoms with E-state index in [0.29, 0.717) is 32.1 Å². The van der Waals surface area contributed by atoms with Crippen molar-refractivity contribution in [2.45, 2.75) is 91.4 Å². The minimum Gasteiger partial charge on any atom is -0.481 e. The van der Waals surface area contributed by atoms with Gasteiger partial charge in [-0.1, -0.05) is 27.7 Å². The van der Waals surface area contributed by atoms with Gasteiger partial charge in [0.05, 0.1) is 0 Å². The Labute approximate surface area is 189 Å². The minimum atomic E-state index is -2.84. The number of hydrogen-bond donors (Lipinski definition) is 2. The summed E-state index contributed by atoms with van der Waals surface area (Å²) in [7, 11) is 0. The molecule has 7 heteroatoms. The molecule has 0 aromatic heterocycles. The molecule has 0 radical (unpaired) electrons. The molecule has 4 fully saturated rings. The molecule has 7 atom stereocenters. The molecule has 4 rings (SSSR count). The fraction of sp³-hybridized carbons (Fsp3) is 0.880. The van der Waals surface area contributed by atoms with Crippen molar-refractivity contribution >= 4 is 17.7 Å². The number of Topliss-reactive ketones (excluding diaryl/α,β-unsaturated/α-hetero) is 1. The molecule has 0 aliphatic heterocycles. The van der Waals surface area contributed by atoms with E-state index >= 15 is 8.78 Å². The predicted molar refractivity (Wildman–Crippen MR) is 115 cm³/mol. The first-order valence-corrected chi connectivity index (χ1v) is 12.3. The van der Waals surface area contributed by atoms with Gasteiger partial charge >= 0.3 is 11.9 Å². The fourth-order valence-corrected chi connectivity index (χ4v) is 8.04. The normalized spacial score (nSPS) is 42.2. The van der Waals surface area contributed by atoms with Crippen LogP contribution < -0.4 is 0 Å². The van der Waals surface area contributed by atoms with Crippen molar-refractivity contribution < 1.29 is 33.4 Å². The molecule has 0 aromatic rings. The molecule has 0 saturated heterocycles. The van der Waals surface area contributed by atoms with Crippen LogP contribution in [-0.4, -0.2) is 33.9 Å². The predicted octanol–water partition coefficient (Wildman–Crippen LogP) is 5.66. The Morgan fingerprint density at radius 3 is 2.19 bits per heavy atom. The molecule has 4 aliphatic carbocycles. The molecule has 0 spiro atoms. The summed E-state index contributed by atoms with van der Waals surface area (Å²) in [5.41, 5.74) is -0.703. The summed E-state index contributed by atoms with van der Waals surface area (Å²) >= 11 is 0. The summed E-state index contributed by atoms with van der Waals surface area (Å²) in [4.78, 5) is 34.8. The Balaban J connectivity index is 0.00000141. The summed E-state index contributed by atoms with van der Waals surface area (Å²) in [5, 5.41) is 18.6. The van der Waals surface area contributed by atoms with Crippen LogP contribution in [0.5, 0.6) is 0 Å². The molecule has 0 bridgehead atoms. The van der Waals surface area contributed by atoms with Crippen molar-refractivity contribution in [3.63, 3.8) is 0 Å². The largest absolute Gasteiger partial charge is 0.481 e. The van der Waals surface area contributed by atoms with Crippen LogP contribution in [0.15, 0.2) is 0 Å². The average Bonchev–Trinajstić information content (AvgIpc) is 3.04. The van der Waals surface area contributed by atoms with Gasteiger partial charge in [0.25, 0.3) is 5.92 Å². The van der Waals surface area contributed by atoms with Gasteiger partial charge < -0.3 is 10.2 Å². The van der Waals surface area contributed by atoms with Crippen molar-refractivity contribution in [3.8, 4) is 0 Å². The molecule has 2 N–H and O–H groups in total. The SMILES string of the molecule is CC.CC12CCC3C(C1CCC2CC(C(=O)O)C(=O)O)C(F)(F)CC1CC(=O)CCC13C. The highest BCUT2D eigenvalue weighted by Gasteiger charge is 2.68. The average molecular weight is 457 g/mol. The molecule has 4 aliphatic rings. The van der Waals surface area contributed by atoms with Gasteiger partial charge in [0, 0.05) is 25.2 Å². The summed E-state index contributed by atoms with van der Waals surface area (Å²) in [6, 6.07) is 0. The number of alkyl halides is 2. The summed E-state index contributed by atoms with van der Waals surface area (Å²) in [5.74, 6) is -8.49. The quantitative estimate of drug-likeness (QED) is 0.533. The highest BCUT2D eigenvalue weighted by Crippen LogP contribution is 2.70. The molecule has 182 valence electrons. The van der Waals surface area contributed by atoms with Crippen molar-refractivity contribution in [1.82, 2.24) is 0 Å². The first kappa shape index (κ1) is 25.1. The molecule has 0 amide bonds. The number of hydrogen-bond acceptors (Lipinski definition) is 3. The van der Waals surface area contributed by atoms with Crippen molar-refractivity contribution in [1.29, 1.82) is 0 Å². The lowest BCUT2D eigenvalue weighted by Gasteiger charge is -2.62. The van der Waals surface area contributed by atoms with Gasteiger partial charge in [-0.05, 0) is 73.0 Å². The molecular weight excluding hydrogens is 418 g/mol. The van der Waals surface area contributed by atoms with E-state index in [-0.39, 0.29) is 54.1 Å². The molecule has 0 aromatic carbocycles. The van der Waals surface area contributed by atoms with Crippen molar-refractivity contribution in [2.75, 3.05) is 0 Å². The third kappa shape index (κ3) is 3.87. The van der Waals surface area contributed by atoms with Crippen molar-refractivity contribution in [2.24, 2.45) is 46.3 Å². The minimum absolute atomic E-state index is 0.00895. The monoisotopic (exact) mass is 456 g/mol. The van der Waals surface area contributed by atoms with Crippen LogP contribution >= 0.6 is 0 Å². The first-order chi connectivity index (χ1) is 14.9. The Kier molecular flexibility index (Phi) is 6.81. The fourth-order valence-electron chi connectivity index (χ4n) is 8.04. The standard InChI is InChI=1S/C23H32F2O5.C2H6/c1-21-8-6-17-18(16(21)4-3-12(21)10-15(19(27)28)20(29)30)23(24,25)11-13-9-14(26)5-7-22(13,17)2;1-2/h12-13,15-18H,3-11H2,1-2H3,(H,27,28)(H,29,30);1-2H3. The van der Waals surface area contributed by atoms with E-state index in [4.69, 9.17) is 0 Å². The second-order valence-electron chi connectivity index (χ2n) is 10.9. The second kappa shape index (κ2) is 8.68. The number of carboxylic acid groups (broad SMARTS) is 2. The first-order valence-electron chi connectivity index (χ1n) is 12.3. The summed E-state index contributed by atoms with van der Waals surface area (Å²) in [6.45, 7) is 8.10. The zero-order valence-electron chi connectivity index (χ0n) is 19.7. The van der Waals surface area contributed by atoms with Gasteiger partial charge in [-0.15, -0.1) is 0 Å². The Morgan fingerprint density at radius 1 is 1.00 bits per heavy atom. The summed E-state index contributed by atoms with van der Waals surface area (Å²) in [6.07, 6.45) is 3.78. The van der Waals surface area contributed by atoms with E-state index in [1.165, 1.54) is 0 Å². The van der Waals surface area contributed by atoms with Gasteiger partial charge in [0.15, 0.2) is 5.92 Å². The zero-order valence-corrected chi connectivity index (χ0v) is 19.7. The molecule has 7 unspecified atom stereocenters. The van der Waals surface area contributed by atoms with E-state index in [1.807, 2.05) is 20.8 Å². The number of halogens is 2. The van der Waals surface area contributed by atoms with Crippen LogP contribution in [-0.2, 0) is 14.4 Å². The number of rotatable bonds is 4. The number of fused-ring (bicyclic) bond motifs is 5. The van der Waals surface area contributed by atoms with Gasteiger partial charge in [0.1, 0.15) is 5.78 Å². The maximum absolute atomic E-state index is 15.6. The molecule has 5 nitrogen and oxygen atoms in total. The number of carbonyl (C=O) groups excluding carboxylic acids is 1. The van der Waals surface area contributed by atoms with Crippen molar-refractivity contribution in [3.05, 3.63) is 0 Å². The highest BCUT2D eigenvalue weighted by molar-refractivity contribution is 5.92. The van der Waals surface area contributed by atoms with E-state index in [0.717, 1.165) is 6.42 Å². The van der Waals surface area contributed by atoms with Gasteiger partial charge in [-0.2, -0.15) is 0 Å². The lowest BCUT2D eigenvalue weighted by molar-refractivity contribution is -0.230. The van der Waals surface area contributed by atoms with Crippen LogP contribution in [0.3, 0.4) is 0 Å².